The number of hydrogen-bond acceptors (Lipinski definition) is 5. The number of sulfonamides is 1. The Balaban J connectivity index is 1.40. The number of piperidine rings is 1. The van der Waals surface area contributed by atoms with Gasteiger partial charge in [-0.25, -0.2) is 22.2 Å². The highest BCUT2D eigenvalue weighted by molar-refractivity contribution is 7.89. The molecule has 1 aromatic heterocycles. The predicted octanol–water partition coefficient (Wildman–Crippen LogP) is 3.61. The molecule has 2 aromatic carbocycles. The highest BCUT2D eigenvalue weighted by Gasteiger charge is 2.32. The Bertz CT molecular complexity index is 1140. The Morgan fingerprint density at radius 3 is 2.52 bits per heavy atom. The van der Waals surface area contributed by atoms with Crippen LogP contribution in [-0.4, -0.2) is 36.7 Å². The molecule has 0 saturated carbocycles. The minimum absolute atomic E-state index is 0.124. The molecular weight excluding hydrogens is 420 g/mol. The van der Waals surface area contributed by atoms with Gasteiger partial charge in [-0.05, 0) is 43.2 Å². The number of fused-ring (bicyclic) bond motifs is 1. The first-order chi connectivity index (χ1) is 13.8. The maximum absolute atomic E-state index is 13.4. The van der Waals surface area contributed by atoms with Crippen LogP contribution in [0.2, 0.25) is 0 Å². The van der Waals surface area contributed by atoms with Crippen molar-refractivity contribution in [2.75, 3.05) is 18.4 Å². The summed E-state index contributed by atoms with van der Waals surface area (Å²) < 4.78 is 54.0. The topological polar surface area (TPSA) is 79.4 Å². The average Bonchev–Trinajstić information content (AvgIpc) is 3.12. The summed E-state index contributed by atoms with van der Waals surface area (Å²) in [5.41, 5.74) is 0.806. The lowest BCUT2D eigenvalue weighted by molar-refractivity contribution is -0.120. The van der Waals surface area contributed by atoms with Gasteiger partial charge < -0.3 is 5.32 Å². The van der Waals surface area contributed by atoms with Gasteiger partial charge in [0.2, 0.25) is 15.9 Å². The standard InChI is InChI=1S/C19H17F2N3O3S2/c20-14-6-5-13(11-15(14)21)29(26,27)24-9-7-12(8-10-24)18(25)23-19-22-16-3-1-2-4-17(16)28-19/h1-6,11-12H,7-10H2,(H,22,23,25). The molecule has 1 aliphatic rings. The van der Waals surface area contributed by atoms with Crippen LogP contribution in [0.4, 0.5) is 13.9 Å². The molecule has 0 radical (unpaired) electrons. The third-order valence-electron chi connectivity index (χ3n) is 4.88. The second-order valence-electron chi connectivity index (χ2n) is 6.73. The molecular formula is C19H17F2N3O3S2. The SMILES string of the molecule is O=C(Nc1nc2ccccc2s1)C1CCN(S(=O)(=O)c2ccc(F)c(F)c2)CC1. The third kappa shape index (κ3) is 4.00. The van der Waals surface area contributed by atoms with Crippen LogP contribution in [0.5, 0.6) is 0 Å². The minimum atomic E-state index is -3.94. The number of nitrogens with zero attached hydrogens (tertiary/aromatic N) is 2. The van der Waals surface area contributed by atoms with Crippen molar-refractivity contribution in [3.8, 4) is 0 Å². The molecule has 4 rings (SSSR count). The number of amides is 1. The fourth-order valence-corrected chi connectivity index (χ4v) is 5.63. The zero-order valence-electron chi connectivity index (χ0n) is 15.1. The van der Waals surface area contributed by atoms with Crippen LogP contribution in [0.25, 0.3) is 10.2 Å². The average molecular weight is 437 g/mol. The van der Waals surface area contributed by atoms with Gasteiger partial charge in [0, 0.05) is 19.0 Å². The number of hydrogen-bond donors (Lipinski definition) is 1. The number of anilines is 1. The van der Waals surface area contributed by atoms with Crippen LogP contribution >= 0.6 is 11.3 Å². The van der Waals surface area contributed by atoms with E-state index in [9.17, 15) is 22.0 Å². The van der Waals surface area contributed by atoms with E-state index >= 15 is 0 Å². The van der Waals surface area contributed by atoms with Crippen molar-refractivity contribution in [3.05, 3.63) is 54.1 Å². The van der Waals surface area contributed by atoms with Crippen molar-refractivity contribution in [2.24, 2.45) is 5.92 Å². The molecule has 1 aliphatic heterocycles. The fourth-order valence-electron chi connectivity index (χ4n) is 3.28. The summed E-state index contributed by atoms with van der Waals surface area (Å²) in [7, 11) is -3.94. The third-order valence-corrected chi connectivity index (χ3v) is 7.72. The molecule has 0 spiro atoms. The van der Waals surface area contributed by atoms with Gasteiger partial charge in [-0.2, -0.15) is 4.31 Å². The maximum atomic E-state index is 13.4. The van der Waals surface area contributed by atoms with Crippen LogP contribution in [0.3, 0.4) is 0 Å². The van der Waals surface area contributed by atoms with E-state index in [2.05, 4.69) is 10.3 Å². The first kappa shape index (κ1) is 19.9. The molecule has 1 fully saturated rings. The van der Waals surface area contributed by atoms with Gasteiger partial charge in [-0.3, -0.25) is 4.79 Å². The number of aromatic nitrogens is 1. The Morgan fingerprint density at radius 2 is 1.83 bits per heavy atom. The summed E-state index contributed by atoms with van der Waals surface area (Å²) in [4.78, 5) is 16.6. The second-order valence-corrected chi connectivity index (χ2v) is 9.70. The number of halogens is 2. The molecule has 29 heavy (non-hydrogen) atoms. The van der Waals surface area contributed by atoms with Crippen LogP contribution in [0, 0.1) is 17.6 Å². The van der Waals surface area contributed by atoms with E-state index in [1.807, 2.05) is 24.3 Å². The molecule has 6 nitrogen and oxygen atoms in total. The molecule has 3 aromatic rings. The van der Waals surface area contributed by atoms with Crippen molar-refractivity contribution >= 4 is 42.6 Å². The lowest BCUT2D eigenvalue weighted by atomic mass is 9.97. The number of carbonyl (C=O) groups excluding carboxylic acids is 1. The summed E-state index contributed by atoms with van der Waals surface area (Å²) in [5.74, 6) is -2.86. The molecule has 10 heteroatoms. The molecule has 152 valence electrons. The van der Waals surface area contributed by atoms with E-state index in [1.54, 1.807) is 0 Å². The number of nitrogens with one attached hydrogen (secondary N) is 1. The normalized spacial score (nSPS) is 16.2. The van der Waals surface area contributed by atoms with Crippen molar-refractivity contribution in [1.29, 1.82) is 0 Å². The summed E-state index contributed by atoms with van der Waals surface area (Å²) in [6.07, 6.45) is 0.666. The van der Waals surface area contributed by atoms with Crippen LogP contribution in [0.15, 0.2) is 47.4 Å². The largest absolute Gasteiger partial charge is 0.302 e. The van der Waals surface area contributed by atoms with Crippen LogP contribution in [0.1, 0.15) is 12.8 Å². The smallest absolute Gasteiger partial charge is 0.243 e. The molecule has 2 heterocycles. The number of carbonyl (C=O) groups is 1. The lowest BCUT2D eigenvalue weighted by Crippen LogP contribution is -2.41. The number of para-hydroxylation sites is 1. The Kier molecular flexibility index (Phi) is 5.32. The second kappa shape index (κ2) is 7.77. The van der Waals surface area contributed by atoms with E-state index in [4.69, 9.17) is 0 Å². The highest BCUT2D eigenvalue weighted by Crippen LogP contribution is 2.28. The molecule has 0 bridgehead atoms. The van der Waals surface area contributed by atoms with E-state index in [-0.39, 0.29) is 29.8 Å². The van der Waals surface area contributed by atoms with Crippen LogP contribution in [-0.2, 0) is 14.8 Å². The first-order valence-electron chi connectivity index (χ1n) is 8.96. The van der Waals surface area contributed by atoms with E-state index in [1.165, 1.54) is 15.6 Å². The lowest BCUT2D eigenvalue weighted by Gasteiger charge is -2.30. The summed E-state index contributed by atoms with van der Waals surface area (Å²) in [6.45, 7) is 0.249. The van der Waals surface area contributed by atoms with E-state index in [0.29, 0.717) is 24.0 Å². The van der Waals surface area contributed by atoms with E-state index < -0.39 is 21.7 Å². The molecule has 1 N–H and O–H groups in total. The molecule has 1 saturated heterocycles. The van der Waals surface area contributed by atoms with Gasteiger partial charge in [0.25, 0.3) is 0 Å². The maximum Gasteiger partial charge on any atom is 0.243 e. The fraction of sp³-hybridized carbons (Fsp3) is 0.263. The number of rotatable bonds is 4. The predicted molar refractivity (Wildman–Crippen MR) is 106 cm³/mol. The van der Waals surface area contributed by atoms with Gasteiger partial charge in [0.05, 0.1) is 15.1 Å². The summed E-state index contributed by atoms with van der Waals surface area (Å²) in [6, 6.07) is 10.1. The highest BCUT2D eigenvalue weighted by atomic mass is 32.2. The molecule has 1 amide bonds. The summed E-state index contributed by atoms with van der Waals surface area (Å²) in [5, 5.41) is 3.32. The summed E-state index contributed by atoms with van der Waals surface area (Å²) >= 11 is 1.38. The Morgan fingerprint density at radius 1 is 1.10 bits per heavy atom. The Labute approximate surface area is 170 Å². The minimum Gasteiger partial charge on any atom is -0.302 e. The van der Waals surface area contributed by atoms with Crippen LogP contribution < -0.4 is 5.32 Å². The molecule has 0 atom stereocenters. The zero-order valence-corrected chi connectivity index (χ0v) is 16.8. The number of benzene rings is 2. The number of thiazole rings is 1. The van der Waals surface area contributed by atoms with Crippen molar-refractivity contribution in [1.82, 2.24) is 9.29 Å². The Hall–Kier alpha value is -2.43. The monoisotopic (exact) mass is 437 g/mol. The van der Waals surface area contributed by atoms with Crippen molar-refractivity contribution in [2.45, 2.75) is 17.7 Å². The van der Waals surface area contributed by atoms with Crippen molar-refractivity contribution in [3.63, 3.8) is 0 Å². The van der Waals surface area contributed by atoms with Gasteiger partial charge in [-0.15, -0.1) is 0 Å². The first-order valence-corrected chi connectivity index (χ1v) is 11.2. The van der Waals surface area contributed by atoms with E-state index in [0.717, 1.165) is 22.3 Å². The van der Waals surface area contributed by atoms with Gasteiger partial charge in [-0.1, -0.05) is 23.5 Å². The van der Waals surface area contributed by atoms with Gasteiger partial charge in [0.15, 0.2) is 16.8 Å². The van der Waals surface area contributed by atoms with Crippen molar-refractivity contribution < 1.29 is 22.0 Å². The van der Waals surface area contributed by atoms with Gasteiger partial charge in [0.1, 0.15) is 0 Å². The molecule has 0 unspecified atom stereocenters. The van der Waals surface area contributed by atoms with Gasteiger partial charge >= 0.3 is 0 Å². The quantitative estimate of drug-likeness (QED) is 0.676. The molecule has 0 aliphatic carbocycles. The zero-order chi connectivity index (χ0) is 20.6.